The van der Waals surface area contributed by atoms with E-state index in [1.165, 1.54) is 6.26 Å². The van der Waals surface area contributed by atoms with Crippen molar-refractivity contribution in [1.29, 1.82) is 0 Å². The lowest BCUT2D eigenvalue weighted by molar-refractivity contribution is -0.128. The minimum absolute atomic E-state index is 0.0351. The summed E-state index contributed by atoms with van der Waals surface area (Å²) >= 11 is 0. The Hall–Kier alpha value is -2.79. The fourth-order valence-corrected chi connectivity index (χ4v) is 6.29. The molecule has 0 aromatic carbocycles. The number of furan rings is 1. The summed E-state index contributed by atoms with van der Waals surface area (Å²) in [5.41, 5.74) is 0.253. The first-order valence-corrected chi connectivity index (χ1v) is 14.5. The molecule has 2 aromatic rings. The lowest BCUT2D eigenvalue weighted by Gasteiger charge is -2.42. The Morgan fingerprint density at radius 1 is 1.12 bits per heavy atom. The molecule has 2 aliphatic rings. The van der Waals surface area contributed by atoms with Crippen LogP contribution in [0.3, 0.4) is 0 Å². The molecule has 10 heteroatoms. The van der Waals surface area contributed by atoms with Gasteiger partial charge in [0.1, 0.15) is 5.54 Å². The number of hydrogen-bond donors (Lipinski definition) is 4. The van der Waals surface area contributed by atoms with Crippen LogP contribution in [0, 0.1) is 12.3 Å². The Bertz CT molecular complexity index is 1080. The molecule has 4 N–H and O–H groups in total. The van der Waals surface area contributed by atoms with Crippen LogP contribution < -0.4 is 10.2 Å². The van der Waals surface area contributed by atoms with E-state index in [2.05, 4.69) is 15.2 Å². The van der Waals surface area contributed by atoms with Crippen molar-refractivity contribution in [1.82, 2.24) is 15.2 Å². The number of likely N-dealkylation sites (tertiary alicyclic amines) is 1. The van der Waals surface area contributed by atoms with Gasteiger partial charge >= 0.3 is 0 Å². The van der Waals surface area contributed by atoms with Crippen LogP contribution in [0.5, 0.6) is 0 Å². The van der Waals surface area contributed by atoms with Gasteiger partial charge in [0, 0.05) is 37.9 Å². The van der Waals surface area contributed by atoms with Crippen LogP contribution in [-0.4, -0.2) is 88.1 Å². The van der Waals surface area contributed by atoms with E-state index < -0.39 is 25.4 Å². The molecule has 0 radical (unpaired) electrons. The van der Waals surface area contributed by atoms with Crippen molar-refractivity contribution in [2.24, 2.45) is 5.41 Å². The summed E-state index contributed by atoms with van der Waals surface area (Å²) in [6.07, 6.45) is 13.1. The van der Waals surface area contributed by atoms with Crippen LogP contribution >= 0.6 is 0 Å². The lowest BCUT2D eigenvalue weighted by atomic mass is 9.69. The highest BCUT2D eigenvalue weighted by molar-refractivity contribution is 6.05. The molecule has 0 spiro atoms. The number of amides is 2. The smallest absolute Gasteiger partial charge is 0.294 e. The third-order valence-electron chi connectivity index (χ3n) is 8.84. The zero-order valence-corrected chi connectivity index (χ0v) is 23.6. The van der Waals surface area contributed by atoms with Crippen molar-refractivity contribution in [2.45, 2.75) is 76.3 Å². The van der Waals surface area contributed by atoms with Gasteiger partial charge in [0.2, 0.25) is 5.91 Å². The van der Waals surface area contributed by atoms with Crippen molar-refractivity contribution in [3.8, 4) is 0 Å². The van der Waals surface area contributed by atoms with E-state index in [-0.39, 0.29) is 23.3 Å². The molecule has 1 saturated heterocycles. The second-order valence-corrected chi connectivity index (χ2v) is 11.7. The second kappa shape index (κ2) is 13.7. The topological polar surface area (TPSA) is 139 Å². The number of hydrogen-bond acceptors (Lipinski definition) is 8. The number of pyridine rings is 1. The summed E-state index contributed by atoms with van der Waals surface area (Å²) in [6.45, 7) is 2.96. The van der Waals surface area contributed by atoms with E-state index in [1.807, 2.05) is 17.9 Å². The summed E-state index contributed by atoms with van der Waals surface area (Å²) in [5.74, 6) is -0.0593. The first-order chi connectivity index (χ1) is 19.3. The largest absolute Gasteiger partial charge is 0.459 e. The van der Waals surface area contributed by atoms with Crippen LogP contribution in [0.25, 0.3) is 0 Å². The number of nitrogens with zero attached hydrogens (tertiary/aromatic N) is 3. The predicted molar refractivity (Wildman–Crippen MR) is 151 cm³/mol. The molecule has 0 atom stereocenters. The van der Waals surface area contributed by atoms with E-state index >= 15 is 0 Å². The molecule has 2 amide bonds. The van der Waals surface area contributed by atoms with Crippen molar-refractivity contribution >= 4 is 17.5 Å². The van der Waals surface area contributed by atoms with Gasteiger partial charge in [-0.3, -0.25) is 14.6 Å². The number of aliphatic hydroxyl groups excluding tert-OH is 3. The van der Waals surface area contributed by atoms with Crippen LogP contribution in [0.1, 0.15) is 73.9 Å². The maximum atomic E-state index is 13.5. The van der Waals surface area contributed by atoms with Crippen LogP contribution in [0.15, 0.2) is 41.3 Å². The molecule has 2 fully saturated rings. The molecule has 0 bridgehead atoms. The normalized spacial score (nSPS) is 18.4. The number of nitrogens with one attached hydrogen (secondary N) is 1. The van der Waals surface area contributed by atoms with Gasteiger partial charge in [-0.1, -0.05) is 19.3 Å². The number of rotatable bonds is 12. The van der Waals surface area contributed by atoms with E-state index in [0.29, 0.717) is 12.2 Å². The Balaban J connectivity index is 1.39. The molecule has 4 rings (SSSR count). The number of piperidine rings is 1. The molecule has 40 heavy (non-hydrogen) atoms. The summed E-state index contributed by atoms with van der Waals surface area (Å²) in [4.78, 5) is 35.0. The average molecular weight is 557 g/mol. The summed E-state index contributed by atoms with van der Waals surface area (Å²) in [5, 5.41) is 31.6. The summed E-state index contributed by atoms with van der Waals surface area (Å²) in [7, 11) is 0. The van der Waals surface area contributed by atoms with Gasteiger partial charge in [0.25, 0.3) is 5.91 Å². The first kappa shape index (κ1) is 30.2. The molecule has 3 heterocycles. The number of carbonyl (C=O) groups excluding carboxylic acids is 2. The SMILES string of the molecule is Cc1cnccc1N(C(=O)c1ccco1)C1CCN(CCC2(CC(=O)NC(CO)(CO)CO)CCCCC2)CC1. The highest BCUT2D eigenvalue weighted by Gasteiger charge is 2.38. The average Bonchev–Trinajstić information content (AvgIpc) is 3.53. The molecule has 1 aliphatic heterocycles. The molecule has 10 nitrogen and oxygen atoms in total. The summed E-state index contributed by atoms with van der Waals surface area (Å²) in [6, 6.07) is 5.35. The lowest BCUT2D eigenvalue weighted by Crippen LogP contribution is -2.57. The van der Waals surface area contributed by atoms with Gasteiger partial charge < -0.3 is 34.9 Å². The van der Waals surface area contributed by atoms with Gasteiger partial charge in [-0.25, -0.2) is 0 Å². The van der Waals surface area contributed by atoms with Gasteiger partial charge in [-0.15, -0.1) is 0 Å². The Morgan fingerprint density at radius 2 is 1.82 bits per heavy atom. The minimum Gasteiger partial charge on any atom is -0.459 e. The highest BCUT2D eigenvalue weighted by atomic mass is 16.3. The number of carbonyl (C=O) groups is 2. The van der Waals surface area contributed by atoms with Crippen molar-refractivity contribution < 1.29 is 29.3 Å². The molecule has 1 saturated carbocycles. The van der Waals surface area contributed by atoms with E-state index in [9.17, 15) is 24.9 Å². The third-order valence-corrected chi connectivity index (χ3v) is 8.84. The monoisotopic (exact) mass is 556 g/mol. The van der Waals surface area contributed by atoms with E-state index in [4.69, 9.17) is 4.42 Å². The fourth-order valence-electron chi connectivity index (χ4n) is 6.29. The van der Waals surface area contributed by atoms with Crippen molar-refractivity contribution in [2.75, 3.05) is 44.4 Å². The van der Waals surface area contributed by atoms with Gasteiger partial charge in [-0.2, -0.15) is 0 Å². The van der Waals surface area contributed by atoms with Gasteiger partial charge in [-0.05, 0) is 74.8 Å². The molecule has 220 valence electrons. The Labute approximate surface area is 236 Å². The van der Waals surface area contributed by atoms with Crippen molar-refractivity contribution in [3.05, 3.63) is 48.2 Å². The molecular formula is C30H44N4O6. The van der Waals surface area contributed by atoms with Gasteiger partial charge in [0.15, 0.2) is 5.76 Å². The standard InChI is InChI=1S/C30H44N4O6/c1-23-19-31-13-7-25(23)34(28(39)26-6-5-17-40-26)24-8-14-33(15-9-24)16-12-29(10-3-2-4-11-29)18-27(38)32-30(20-35,21-36)22-37/h5-7,13,17,19,24,35-37H,2-4,8-12,14-16,18,20-22H2,1H3,(H,32,38). The third kappa shape index (κ3) is 7.09. The van der Waals surface area contributed by atoms with E-state index in [0.717, 1.165) is 82.3 Å². The quantitative estimate of drug-likeness (QED) is 0.313. The molecular weight excluding hydrogens is 512 g/mol. The molecule has 1 aliphatic carbocycles. The van der Waals surface area contributed by atoms with Crippen LogP contribution in [0.4, 0.5) is 5.69 Å². The number of anilines is 1. The number of aromatic nitrogens is 1. The second-order valence-electron chi connectivity index (χ2n) is 11.7. The zero-order valence-electron chi connectivity index (χ0n) is 23.6. The zero-order chi connectivity index (χ0) is 28.6. The predicted octanol–water partition coefficient (Wildman–Crippen LogP) is 2.66. The maximum absolute atomic E-state index is 13.5. The first-order valence-electron chi connectivity index (χ1n) is 14.5. The number of aryl methyl sites for hydroxylation is 1. The van der Waals surface area contributed by atoms with Crippen LogP contribution in [0.2, 0.25) is 0 Å². The van der Waals surface area contributed by atoms with Crippen molar-refractivity contribution in [3.63, 3.8) is 0 Å². The highest BCUT2D eigenvalue weighted by Crippen LogP contribution is 2.43. The van der Waals surface area contributed by atoms with Gasteiger partial charge in [0.05, 0.1) is 31.8 Å². The Kier molecular flexibility index (Phi) is 10.3. The number of aliphatic hydroxyl groups is 3. The minimum atomic E-state index is -1.40. The molecule has 0 unspecified atom stereocenters. The maximum Gasteiger partial charge on any atom is 0.294 e. The molecule has 2 aromatic heterocycles. The van der Waals surface area contributed by atoms with Crippen LogP contribution in [-0.2, 0) is 4.79 Å². The Morgan fingerprint density at radius 3 is 2.42 bits per heavy atom. The fraction of sp³-hybridized carbons (Fsp3) is 0.633. The van der Waals surface area contributed by atoms with E-state index in [1.54, 1.807) is 24.5 Å². The summed E-state index contributed by atoms with van der Waals surface area (Å²) < 4.78 is 5.46.